The minimum Gasteiger partial charge on any atom is -0.382 e. The molecule has 8 nitrogen and oxygen atoms in total. The number of carbonyl (C=O) groups is 2. The summed E-state index contributed by atoms with van der Waals surface area (Å²) in [5, 5.41) is 16.2. The summed E-state index contributed by atoms with van der Waals surface area (Å²) >= 11 is 17.4. The molecule has 0 aliphatic rings. The molecule has 0 radical (unpaired) electrons. The van der Waals surface area contributed by atoms with Crippen LogP contribution in [0.4, 0.5) is 11.6 Å². The third-order valence-electron chi connectivity index (χ3n) is 4.63. The highest BCUT2D eigenvalue weighted by Gasteiger charge is 2.09. The molecule has 4 rings (SSSR count). The molecule has 2 aromatic heterocycles. The van der Waals surface area contributed by atoms with Crippen LogP contribution in [-0.2, 0) is 0 Å². The Kier molecular flexibility index (Phi) is 15.7. The molecule has 1 amide bonds. The molecule has 4 aromatic rings. The van der Waals surface area contributed by atoms with E-state index in [1.807, 2.05) is 26.0 Å². The molecular formula is C29H28Cl2N6O2S2. The zero-order chi connectivity index (χ0) is 29.5. The third kappa shape index (κ3) is 12.8. The minimum atomic E-state index is -0.286. The number of hydrogen-bond donors (Lipinski definition) is 3. The van der Waals surface area contributed by atoms with E-state index in [4.69, 9.17) is 46.4 Å². The highest BCUT2D eigenvalue weighted by atomic mass is 35.5. The van der Waals surface area contributed by atoms with E-state index in [9.17, 15) is 9.59 Å². The Morgan fingerprint density at radius 3 is 1.90 bits per heavy atom. The van der Waals surface area contributed by atoms with Crippen LogP contribution in [0.25, 0.3) is 0 Å². The number of rotatable bonds is 3. The number of nitriles is 1. The first kappa shape index (κ1) is 35.0. The van der Waals surface area contributed by atoms with Gasteiger partial charge in [-0.15, -0.1) is 0 Å². The second-order valence-electron chi connectivity index (χ2n) is 7.84. The van der Waals surface area contributed by atoms with Crippen molar-refractivity contribution in [2.45, 2.75) is 21.3 Å². The van der Waals surface area contributed by atoms with Crippen molar-refractivity contribution in [1.82, 2.24) is 15.3 Å². The topological polar surface area (TPSA) is 134 Å². The molecule has 212 valence electrons. The van der Waals surface area contributed by atoms with Crippen molar-refractivity contribution in [1.29, 1.82) is 5.26 Å². The smallest absolute Gasteiger partial charge is 0.257 e. The largest absolute Gasteiger partial charge is 0.382 e. The molecule has 0 saturated carbocycles. The fourth-order valence-electron chi connectivity index (χ4n) is 2.75. The number of nitrogen functional groups attached to an aromatic ring is 1. The van der Waals surface area contributed by atoms with E-state index in [0.717, 1.165) is 11.1 Å². The molecule has 0 aliphatic heterocycles. The SMILES string of the molecule is C.Cc1cnc(N)c(Cl)c1.Cc1cnc(NC(=S)NC(=O)c2ccccc2)c(Cl)c1.N#CSC(=O)c1ccccc1. The van der Waals surface area contributed by atoms with E-state index in [1.165, 1.54) is 0 Å². The van der Waals surface area contributed by atoms with E-state index in [2.05, 4.69) is 20.6 Å². The fourth-order valence-corrected chi connectivity index (χ4v) is 3.76. The summed E-state index contributed by atoms with van der Waals surface area (Å²) in [5.41, 5.74) is 8.41. The van der Waals surface area contributed by atoms with Gasteiger partial charge in [0.05, 0.1) is 10.0 Å². The summed E-state index contributed by atoms with van der Waals surface area (Å²) in [5.74, 6) is 0.518. The number of anilines is 2. The number of pyridine rings is 2. The van der Waals surface area contributed by atoms with E-state index < -0.39 is 0 Å². The van der Waals surface area contributed by atoms with Gasteiger partial charge in [-0.25, -0.2) is 9.97 Å². The fraction of sp³-hybridized carbons (Fsp3) is 0.103. The van der Waals surface area contributed by atoms with Crippen LogP contribution in [0.1, 0.15) is 39.3 Å². The number of nitrogens with zero attached hydrogens (tertiary/aromatic N) is 3. The number of halogens is 2. The van der Waals surface area contributed by atoms with Crippen molar-refractivity contribution < 1.29 is 9.59 Å². The zero-order valence-electron chi connectivity index (χ0n) is 21.4. The lowest BCUT2D eigenvalue weighted by molar-refractivity contribution is 0.0977. The molecule has 0 spiro atoms. The Bertz CT molecular complexity index is 1500. The molecule has 4 N–H and O–H groups in total. The summed E-state index contributed by atoms with van der Waals surface area (Å²) in [6, 6.07) is 21.1. The molecule has 0 atom stereocenters. The van der Waals surface area contributed by atoms with Gasteiger partial charge in [0.15, 0.2) is 10.9 Å². The third-order valence-corrected chi connectivity index (χ3v) is 5.93. The summed E-state index contributed by atoms with van der Waals surface area (Å²) < 4.78 is 0. The normalized spacial score (nSPS) is 9.24. The molecule has 0 saturated heterocycles. The number of thiocyanates is 1. The number of hydrogen-bond acceptors (Lipinski definition) is 8. The van der Waals surface area contributed by atoms with Gasteiger partial charge in [0.2, 0.25) is 5.12 Å². The number of nitrogens with two attached hydrogens (primary N) is 1. The quantitative estimate of drug-likeness (QED) is 0.156. The van der Waals surface area contributed by atoms with Gasteiger partial charge in [0.1, 0.15) is 11.2 Å². The number of thioether (sulfide) groups is 1. The van der Waals surface area contributed by atoms with Gasteiger partial charge >= 0.3 is 0 Å². The molecule has 0 aliphatic carbocycles. The number of amides is 1. The molecule has 0 bridgehead atoms. The highest BCUT2D eigenvalue weighted by molar-refractivity contribution is 8.18. The van der Waals surface area contributed by atoms with Crippen LogP contribution in [0.3, 0.4) is 0 Å². The summed E-state index contributed by atoms with van der Waals surface area (Å²) in [7, 11) is 0. The Morgan fingerprint density at radius 2 is 1.41 bits per heavy atom. The van der Waals surface area contributed by atoms with Crippen LogP contribution in [0.2, 0.25) is 10.0 Å². The molecule has 12 heteroatoms. The van der Waals surface area contributed by atoms with E-state index in [1.54, 1.807) is 78.5 Å². The number of carbonyl (C=O) groups excluding carboxylic acids is 2. The number of benzene rings is 2. The van der Waals surface area contributed by atoms with Gasteiger partial charge in [-0.3, -0.25) is 14.9 Å². The second-order valence-corrected chi connectivity index (χ2v) is 9.82. The van der Waals surface area contributed by atoms with Gasteiger partial charge < -0.3 is 11.1 Å². The van der Waals surface area contributed by atoms with Crippen molar-refractivity contribution in [2.24, 2.45) is 0 Å². The number of nitrogens with one attached hydrogen (secondary N) is 2. The average Bonchev–Trinajstić information content (AvgIpc) is 2.94. The maximum atomic E-state index is 11.9. The average molecular weight is 628 g/mol. The van der Waals surface area contributed by atoms with Crippen molar-refractivity contribution >= 4 is 75.0 Å². The van der Waals surface area contributed by atoms with Crippen LogP contribution in [-0.4, -0.2) is 26.1 Å². The van der Waals surface area contributed by atoms with Gasteiger partial charge in [-0.1, -0.05) is 79.2 Å². The maximum absolute atomic E-state index is 11.9. The van der Waals surface area contributed by atoms with Crippen molar-refractivity contribution in [3.63, 3.8) is 0 Å². The summed E-state index contributed by atoms with van der Waals surface area (Å²) in [6.07, 6.45) is 3.34. The van der Waals surface area contributed by atoms with E-state index in [-0.39, 0.29) is 23.6 Å². The molecule has 0 unspecified atom stereocenters. The first-order valence-electron chi connectivity index (χ1n) is 11.4. The van der Waals surface area contributed by atoms with Gasteiger partial charge in [-0.05, 0) is 61.5 Å². The molecular weight excluding hydrogens is 599 g/mol. The molecule has 2 heterocycles. The van der Waals surface area contributed by atoms with Crippen LogP contribution in [0, 0.1) is 24.5 Å². The number of aryl methyl sites for hydroxylation is 2. The summed E-state index contributed by atoms with van der Waals surface area (Å²) in [6.45, 7) is 3.80. The first-order valence-corrected chi connectivity index (χ1v) is 13.4. The van der Waals surface area contributed by atoms with Crippen molar-refractivity contribution in [2.75, 3.05) is 11.1 Å². The maximum Gasteiger partial charge on any atom is 0.257 e. The van der Waals surface area contributed by atoms with Crippen LogP contribution >= 0.6 is 47.2 Å². The minimum absolute atomic E-state index is 0. The monoisotopic (exact) mass is 626 g/mol. The number of aromatic nitrogens is 2. The van der Waals surface area contributed by atoms with Gasteiger partial charge in [0.25, 0.3) is 5.91 Å². The Hall–Kier alpha value is -4.01. The first-order chi connectivity index (χ1) is 19.1. The molecule has 2 aromatic carbocycles. The van der Waals surface area contributed by atoms with Crippen LogP contribution < -0.4 is 16.4 Å². The molecule has 0 fully saturated rings. The van der Waals surface area contributed by atoms with E-state index in [0.29, 0.717) is 44.6 Å². The Morgan fingerprint density at radius 1 is 0.902 bits per heavy atom. The predicted octanol–water partition coefficient (Wildman–Crippen LogP) is 7.47. The predicted molar refractivity (Wildman–Crippen MR) is 173 cm³/mol. The number of thiocarbonyl (C=S) groups is 1. The second kappa shape index (κ2) is 18.4. The van der Waals surface area contributed by atoms with Gasteiger partial charge in [0, 0.05) is 35.3 Å². The Balaban J connectivity index is 0.000000338. The highest BCUT2D eigenvalue weighted by Crippen LogP contribution is 2.19. The zero-order valence-corrected chi connectivity index (χ0v) is 24.5. The lowest BCUT2D eigenvalue weighted by atomic mass is 10.2. The lowest BCUT2D eigenvalue weighted by Crippen LogP contribution is -2.34. The Labute approximate surface area is 259 Å². The van der Waals surface area contributed by atoms with E-state index >= 15 is 0 Å². The molecule has 41 heavy (non-hydrogen) atoms. The van der Waals surface area contributed by atoms with Crippen LogP contribution in [0.15, 0.2) is 85.2 Å². The van der Waals surface area contributed by atoms with Crippen molar-refractivity contribution in [3.05, 3.63) is 117 Å². The lowest BCUT2D eigenvalue weighted by Gasteiger charge is -2.10. The summed E-state index contributed by atoms with van der Waals surface area (Å²) in [4.78, 5) is 30.8. The standard InChI is InChI=1S/C14H12ClN3OS.C8H5NOS.C6H7ClN2.CH4/c1-9-7-11(15)12(16-8-9)17-14(20)18-13(19)10-5-3-2-4-6-10;9-6-11-8(10)7-4-2-1-3-5-7;1-4-2-5(7)6(8)9-3-4;/h2-8H,1H3,(H2,16,17,18,19,20);1-5H;2-3H,1H3,(H2,8,9);1H4. The van der Waals surface area contributed by atoms with Gasteiger partial charge in [-0.2, -0.15) is 5.26 Å². The van der Waals surface area contributed by atoms with Crippen molar-refractivity contribution in [3.8, 4) is 5.40 Å². The van der Waals surface area contributed by atoms with Crippen LogP contribution in [0.5, 0.6) is 0 Å².